The molecule has 67 heavy (non-hydrogen) atoms. The molecule has 0 aliphatic heterocycles. The number of imidazole rings is 1. The number of fused-ring (bicyclic) bond motifs is 2. The molecule has 2 atom stereocenters. The molecule has 1 aliphatic carbocycles. The number of pyridine rings is 2. The first-order valence-electron chi connectivity index (χ1n) is 21.9. The Morgan fingerprint density at radius 1 is 0.896 bits per heavy atom. The van der Waals surface area contributed by atoms with Gasteiger partial charge < -0.3 is 29.4 Å². The minimum atomic E-state index is -3.86. The third-order valence-corrected chi connectivity index (χ3v) is 11.5. The summed E-state index contributed by atoms with van der Waals surface area (Å²) in [6.07, 6.45) is 1.14. The molecule has 3 N–H and O–H groups in total. The number of carbonyl (C=O) groups excluding carboxylic acids is 4. The number of hydrazine groups is 1. The Morgan fingerprint density at radius 3 is 2.25 bits per heavy atom. The van der Waals surface area contributed by atoms with E-state index in [1.807, 2.05) is 56.3 Å². The van der Waals surface area contributed by atoms with Gasteiger partial charge in [-0.2, -0.15) is 8.42 Å². The van der Waals surface area contributed by atoms with Gasteiger partial charge in [0.2, 0.25) is 0 Å². The zero-order valence-electron chi connectivity index (χ0n) is 38.6. The number of ether oxygens (including phenoxy) is 3. The number of alkyl carbamates (subject to hydrolysis) is 1. The number of aryl methyl sites for hydroxylation is 1. The molecule has 0 unspecified atom stereocenters. The number of aromatic nitrogens is 4. The highest BCUT2D eigenvalue weighted by Gasteiger charge is 2.30. The van der Waals surface area contributed by atoms with Gasteiger partial charge in [-0.25, -0.2) is 30.0 Å². The van der Waals surface area contributed by atoms with Gasteiger partial charge in [-0.1, -0.05) is 48.5 Å². The van der Waals surface area contributed by atoms with Gasteiger partial charge in [0, 0.05) is 23.6 Å². The van der Waals surface area contributed by atoms with Crippen molar-refractivity contribution in [3.63, 3.8) is 0 Å². The second-order valence-electron chi connectivity index (χ2n) is 17.6. The summed E-state index contributed by atoms with van der Waals surface area (Å²) in [6.45, 7) is 8.70. The Kier molecular flexibility index (Phi) is 14.5. The highest BCUT2D eigenvalue weighted by molar-refractivity contribution is 7.85. The van der Waals surface area contributed by atoms with Crippen molar-refractivity contribution in [3.05, 3.63) is 119 Å². The van der Waals surface area contributed by atoms with E-state index in [2.05, 4.69) is 20.6 Å². The Bertz CT molecular complexity index is 2870. The molecular formula is C48H56N8O10S. The van der Waals surface area contributed by atoms with Crippen molar-refractivity contribution in [3.8, 4) is 17.3 Å². The molecule has 1 fully saturated rings. The van der Waals surface area contributed by atoms with E-state index in [1.165, 1.54) is 13.2 Å². The van der Waals surface area contributed by atoms with Crippen LogP contribution >= 0.6 is 0 Å². The lowest BCUT2D eigenvalue weighted by Crippen LogP contribution is -2.54. The molecule has 1 aliphatic rings. The van der Waals surface area contributed by atoms with Crippen molar-refractivity contribution in [2.75, 3.05) is 26.5 Å². The number of nitrogens with one attached hydrogen (secondary N) is 3. The van der Waals surface area contributed by atoms with Crippen molar-refractivity contribution >= 4 is 50.8 Å². The van der Waals surface area contributed by atoms with E-state index >= 15 is 0 Å². The summed E-state index contributed by atoms with van der Waals surface area (Å²) in [7, 11) is -2.39. The van der Waals surface area contributed by atoms with Crippen LogP contribution in [0, 0.1) is 12.8 Å². The topological polar surface area (TPSA) is 214 Å². The normalized spacial score (nSPS) is 13.7. The first-order valence-corrected chi connectivity index (χ1v) is 23.7. The first kappa shape index (κ1) is 48.0. The minimum Gasteiger partial charge on any atom is -0.482 e. The van der Waals surface area contributed by atoms with Crippen LogP contribution in [-0.2, 0) is 36.9 Å². The van der Waals surface area contributed by atoms with Crippen molar-refractivity contribution < 1.29 is 46.0 Å². The van der Waals surface area contributed by atoms with E-state index in [4.69, 9.17) is 28.4 Å². The van der Waals surface area contributed by atoms with Crippen molar-refractivity contribution in [1.82, 2.24) is 40.0 Å². The number of amides is 4. The van der Waals surface area contributed by atoms with Gasteiger partial charge in [-0.3, -0.25) is 18.2 Å². The smallest absolute Gasteiger partial charge is 0.426 e. The van der Waals surface area contributed by atoms with Crippen LogP contribution in [0.2, 0.25) is 0 Å². The molecule has 4 amide bonds. The molecular weight excluding hydrogens is 881 g/mol. The highest BCUT2D eigenvalue weighted by Crippen LogP contribution is 2.37. The largest absolute Gasteiger partial charge is 0.482 e. The van der Waals surface area contributed by atoms with Crippen LogP contribution in [0.5, 0.6) is 5.88 Å². The van der Waals surface area contributed by atoms with Crippen molar-refractivity contribution in [2.45, 2.75) is 84.7 Å². The number of rotatable bonds is 17. The van der Waals surface area contributed by atoms with E-state index in [-0.39, 0.29) is 49.6 Å². The number of carbonyl (C=O) groups is 4. The third-order valence-electron chi connectivity index (χ3n) is 10.9. The molecule has 1 saturated carbocycles. The van der Waals surface area contributed by atoms with E-state index in [0.717, 1.165) is 46.5 Å². The lowest BCUT2D eigenvalue weighted by Gasteiger charge is -2.29. The van der Waals surface area contributed by atoms with E-state index in [1.54, 1.807) is 67.6 Å². The van der Waals surface area contributed by atoms with Crippen LogP contribution in [0.25, 0.3) is 28.1 Å². The van der Waals surface area contributed by atoms with E-state index in [0.29, 0.717) is 40.6 Å². The fourth-order valence-electron chi connectivity index (χ4n) is 7.51. The molecule has 18 nitrogen and oxygen atoms in total. The summed E-state index contributed by atoms with van der Waals surface area (Å²) < 4.78 is 49.5. The van der Waals surface area contributed by atoms with Crippen molar-refractivity contribution in [2.24, 2.45) is 5.92 Å². The number of hydrogen-bond donors (Lipinski definition) is 3. The quantitative estimate of drug-likeness (QED) is 0.0617. The maximum atomic E-state index is 14.7. The Hall–Kier alpha value is -6.99. The maximum Gasteiger partial charge on any atom is 0.426 e. The van der Waals surface area contributed by atoms with Crippen LogP contribution < -0.4 is 20.8 Å². The van der Waals surface area contributed by atoms with Crippen LogP contribution in [0.1, 0.15) is 90.7 Å². The summed E-state index contributed by atoms with van der Waals surface area (Å²) in [5, 5.41) is 7.60. The van der Waals surface area contributed by atoms with Crippen molar-refractivity contribution in [1.29, 1.82) is 0 Å². The first-order chi connectivity index (χ1) is 31.9. The average Bonchev–Trinajstić information content (AvgIpc) is 3.95. The molecule has 4 heterocycles. The summed E-state index contributed by atoms with van der Waals surface area (Å²) in [4.78, 5) is 64.3. The summed E-state index contributed by atoms with van der Waals surface area (Å²) in [6, 6.07) is 25.6. The van der Waals surface area contributed by atoms with Crippen LogP contribution in [-0.4, -0.2) is 94.5 Å². The Morgan fingerprint density at radius 2 is 1.60 bits per heavy atom. The van der Waals surface area contributed by atoms with Gasteiger partial charge in [0.05, 0.1) is 61.2 Å². The number of hydrogen-bond acceptors (Lipinski definition) is 12. The van der Waals surface area contributed by atoms with Crippen LogP contribution in [0.15, 0.2) is 91.0 Å². The van der Waals surface area contributed by atoms with Gasteiger partial charge in [0.25, 0.3) is 21.9 Å². The van der Waals surface area contributed by atoms with Crippen LogP contribution in [0.3, 0.4) is 0 Å². The lowest BCUT2D eigenvalue weighted by molar-refractivity contribution is 0.0433. The lowest BCUT2D eigenvalue weighted by atomic mass is 10.1. The fourth-order valence-corrected chi connectivity index (χ4v) is 7.90. The molecule has 6 aromatic rings. The van der Waals surface area contributed by atoms with Gasteiger partial charge in [-0.05, 0) is 102 Å². The number of nitrogens with zero attached hydrogens (tertiary/aromatic N) is 5. The highest BCUT2D eigenvalue weighted by atomic mass is 32.2. The molecule has 4 aromatic heterocycles. The SMILES string of the molecule is COc1cc(C(=O)N(C[C@@H](CCOS(C)(=O)=O)NC(=O)OC(C)(C)C)NC(=O)OCc2ccccc2)cc2nc(-c3cc4ccc([C@@H](C)NC(=O)c5ccccc5)nc4n3CC3CC3)c(C)n12. The Balaban J connectivity index is 1.23. The van der Waals surface area contributed by atoms with Crippen LogP contribution in [0.4, 0.5) is 9.59 Å². The Labute approximate surface area is 389 Å². The second kappa shape index (κ2) is 20.3. The van der Waals surface area contributed by atoms with Gasteiger partial charge in [-0.15, -0.1) is 0 Å². The fraction of sp³-hybridized carbons (Fsp3) is 0.375. The summed E-state index contributed by atoms with van der Waals surface area (Å²) in [5.74, 6) is -0.209. The molecule has 2 aromatic carbocycles. The molecule has 354 valence electrons. The molecule has 0 spiro atoms. The zero-order valence-corrected chi connectivity index (χ0v) is 39.4. The number of methoxy groups -OCH3 is 1. The minimum absolute atomic E-state index is 0.0593. The predicted molar refractivity (Wildman–Crippen MR) is 250 cm³/mol. The monoisotopic (exact) mass is 936 g/mol. The molecule has 7 rings (SSSR count). The van der Waals surface area contributed by atoms with Gasteiger partial charge in [0.1, 0.15) is 29.2 Å². The average molecular weight is 937 g/mol. The predicted octanol–water partition coefficient (Wildman–Crippen LogP) is 7.11. The van der Waals surface area contributed by atoms with Gasteiger partial charge >= 0.3 is 12.2 Å². The molecule has 19 heteroatoms. The second-order valence-corrected chi connectivity index (χ2v) is 19.2. The summed E-state index contributed by atoms with van der Waals surface area (Å²) in [5.41, 5.74) is 6.91. The van der Waals surface area contributed by atoms with E-state index in [9.17, 15) is 27.6 Å². The van der Waals surface area contributed by atoms with Gasteiger partial charge in [0.15, 0.2) is 5.88 Å². The third kappa shape index (κ3) is 12.5. The molecule has 0 radical (unpaired) electrons. The van der Waals surface area contributed by atoms with E-state index < -0.39 is 39.9 Å². The summed E-state index contributed by atoms with van der Waals surface area (Å²) >= 11 is 0. The number of benzene rings is 2. The molecule has 0 bridgehead atoms. The standard InChI is InChI=1S/C48H56N8O10S/c1-30(49-44(57)34-16-12-9-13-17-34)38-21-20-35-24-39(54(43(35)51-38)27-32-18-19-32)42-31(2)56-40(52-42)25-36(26-41(56)63-6)45(58)55(53-47(60)64-29-33-14-10-8-11-15-33)28-37(22-23-65-67(7,61)62)50-46(59)66-48(3,4)5/h8-17,20-21,24-26,30,32,37H,18-19,22-23,27-29H2,1-7H3,(H,49,57)(H,50,59)(H,53,60)/t30-,37-/m1/s1. The zero-order chi connectivity index (χ0) is 48.0. The maximum absolute atomic E-state index is 14.7. The molecule has 0 saturated heterocycles.